The van der Waals surface area contributed by atoms with Crippen LogP contribution in [0.1, 0.15) is 40.4 Å². The van der Waals surface area contributed by atoms with E-state index in [1.54, 1.807) is 24.3 Å². The first-order chi connectivity index (χ1) is 20.3. The van der Waals surface area contributed by atoms with Gasteiger partial charge in [-0.05, 0) is 53.6 Å². The molecule has 1 aliphatic rings. The third-order valence-corrected chi connectivity index (χ3v) is 7.06. The van der Waals surface area contributed by atoms with Crippen LogP contribution >= 0.6 is 0 Å². The molecule has 4 N–H and O–H groups in total. The molecule has 0 bridgehead atoms. The Balaban J connectivity index is 1.70. The molecule has 4 atom stereocenters. The first-order valence-corrected chi connectivity index (χ1v) is 13.0. The second kappa shape index (κ2) is 13.5. The van der Waals surface area contributed by atoms with E-state index in [0.717, 1.165) is 0 Å². The first-order valence-electron chi connectivity index (χ1n) is 13.0. The van der Waals surface area contributed by atoms with E-state index in [-0.39, 0.29) is 35.4 Å². The predicted molar refractivity (Wildman–Crippen MR) is 152 cm³/mol. The molecule has 0 radical (unpaired) electrons. The smallest absolute Gasteiger partial charge is 0.204 e. The number of hydrogen-bond acceptors (Lipinski definition) is 11. The van der Waals surface area contributed by atoms with Gasteiger partial charge in [-0.1, -0.05) is 12.1 Å². The lowest BCUT2D eigenvalue weighted by Crippen LogP contribution is -2.29. The Morgan fingerprint density at radius 3 is 2.14 bits per heavy atom. The van der Waals surface area contributed by atoms with Crippen molar-refractivity contribution in [3.8, 4) is 40.2 Å². The standard InChI is InChI=1S/C31H34O11/c1-37-23-12-18(7-8-22(23)35)28(36)27(16-34)41-31-25(39-3)13-19(14-26(31)40-4)29-21(15-33)20-10-17(6-5-9-32)11-24(38-2)30(20)42-29/h5-14,21,27-29,33-36H,15-16H2,1-4H3/b6-5+/t21-,27+,28-,29-/m1/s1. The summed E-state index contributed by atoms with van der Waals surface area (Å²) in [4.78, 5) is 10.8. The largest absolute Gasteiger partial charge is 0.504 e. The monoisotopic (exact) mass is 582 g/mol. The summed E-state index contributed by atoms with van der Waals surface area (Å²) in [6.07, 6.45) is 0.561. The Kier molecular flexibility index (Phi) is 9.79. The summed E-state index contributed by atoms with van der Waals surface area (Å²) in [5.41, 5.74) is 2.36. The Bertz CT molecular complexity index is 1410. The van der Waals surface area contributed by atoms with Gasteiger partial charge in [0.05, 0.1) is 47.6 Å². The normalized spacial score (nSPS) is 17.2. The van der Waals surface area contributed by atoms with Crippen molar-refractivity contribution in [1.82, 2.24) is 0 Å². The summed E-state index contributed by atoms with van der Waals surface area (Å²) in [7, 11) is 5.76. The van der Waals surface area contributed by atoms with Crippen LogP contribution in [-0.2, 0) is 4.79 Å². The molecule has 3 aromatic carbocycles. The van der Waals surface area contributed by atoms with E-state index in [1.807, 2.05) is 6.07 Å². The highest BCUT2D eigenvalue weighted by atomic mass is 16.6. The second-order valence-corrected chi connectivity index (χ2v) is 9.43. The van der Waals surface area contributed by atoms with Gasteiger partial charge >= 0.3 is 0 Å². The zero-order valence-corrected chi connectivity index (χ0v) is 23.6. The van der Waals surface area contributed by atoms with Gasteiger partial charge in [0.2, 0.25) is 5.75 Å². The zero-order chi connectivity index (χ0) is 30.4. The van der Waals surface area contributed by atoms with Crippen LogP contribution in [0.5, 0.6) is 40.2 Å². The Hall–Kier alpha value is -4.45. The number of aldehydes is 1. The van der Waals surface area contributed by atoms with Crippen LogP contribution in [0, 0.1) is 0 Å². The lowest BCUT2D eigenvalue weighted by molar-refractivity contribution is -0.104. The Labute approximate surface area is 243 Å². The van der Waals surface area contributed by atoms with Crippen molar-refractivity contribution >= 4 is 12.4 Å². The van der Waals surface area contributed by atoms with Crippen LogP contribution in [0.4, 0.5) is 0 Å². The van der Waals surface area contributed by atoms with Crippen molar-refractivity contribution in [2.45, 2.75) is 24.2 Å². The molecule has 0 aromatic heterocycles. The van der Waals surface area contributed by atoms with Gasteiger partial charge < -0.3 is 48.8 Å². The van der Waals surface area contributed by atoms with E-state index in [1.165, 1.54) is 52.7 Å². The number of aliphatic hydroxyl groups is 3. The number of fused-ring (bicyclic) bond motifs is 1. The zero-order valence-electron chi connectivity index (χ0n) is 23.6. The number of methoxy groups -OCH3 is 4. The van der Waals surface area contributed by atoms with E-state index in [0.29, 0.717) is 40.0 Å². The fourth-order valence-electron chi connectivity index (χ4n) is 4.94. The molecule has 3 aromatic rings. The van der Waals surface area contributed by atoms with Crippen molar-refractivity contribution in [3.05, 3.63) is 70.8 Å². The molecule has 1 heterocycles. The summed E-state index contributed by atoms with van der Waals surface area (Å²) in [6.45, 7) is -0.813. The Morgan fingerprint density at radius 2 is 1.57 bits per heavy atom. The van der Waals surface area contributed by atoms with Gasteiger partial charge in [0, 0.05) is 11.1 Å². The van der Waals surface area contributed by atoms with E-state index in [2.05, 4.69) is 0 Å². The molecular weight excluding hydrogens is 548 g/mol. The fourth-order valence-corrected chi connectivity index (χ4v) is 4.94. The molecule has 0 fully saturated rings. The van der Waals surface area contributed by atoms with Crippen LogP contribution in [0.3, 0.4) is 0 Å². The molecule has 11 heteroatoms. The molecule has 0 unspecified atom stereocenters. The van der Waals surface area contributed by atoms with Crippen LogP contribution < -0.4 is 28.4 Å². The molecule has 0 amide bonds. The van der Waals surface area contributed by atoms with Crippen molar-refractivity contribution in [1.29, 1.82) is 0 Å². The van der Waals surface area contributed by atoms with E-state index >= 15 is 0 Å². The number of ether oxygens (including phenoxy) is 6. The molecule has 0 saturated heterocycles. The maximum absolute atomic E-state index is 11.0. The molecule has 224 valence electrons. The SMILES string of the molecule is COc1cc([C@@H](O)[C@H](CO)Oc2c(OC)cc([C@H]3Oc4c(OC)cc(/C=C/C=O)cc4[C@H]3CO)cc2OC)ccc1O. The molecule has 1 aliphatic heterocycles. The third-order valence-electron chi connectivity index (χ3n) is 7.06. The second-order valence-electron chi connectivity index (χ2n) is 9.43. The number of carbonyl (C=O) groups excluding carboxylic acids is 1. The number of rotatable bonds is 13. The fraction of sp³-hybridized carbons (Fsp3) is 0.323. The minimum absolute atomic E-state index is 0.0995. The number of aliphatic hydroxyl groups excluding tert-OH is 3. The number of phenols is 1. The van der Waals surface area contributed by atoms with Gasteiger partial charge in [-0.15, -0.1) is 0 Å². The molecule has 0 saturated carbocycles. The van der Waals surface area contributed by atoms with Gasteiger partial charge in [0.15, 0.2) is 40.6 Å². The molecule has 42 heavy (non-hydrogen) atoms. The van der Waals surface area contributed by atoms with Gasteiger partial charge in [0.25, 0.3) is 0 Å². The minimum Gasteiger partial charge on any atom is -0.504 e. The number of carbonyl (C=O) groups is 1. The summed E-state index contributed by atoms with van der Waals surface area (Å²) in [5, 5.41) is 41.4. The number of phenolic OH excluding ortho intramolecular Hbond substituents is 1. The topological polar surface area (TPSA) is 153 Å². The van der Waals surface area contributed by atoms with E-state index < -0.39 is 30.8 Å². The number of allylic oxidation sites excluding steroid dienone is 1. The summed E-state index contributed by atoms with van der Waals surface area (Å²) in [6, 6.07) is 11.2. The predicted octanol–water partition coefficient (Wildman–Crippen LogP) is 3.32. The minimum atomic E-state index is -1.31. The highest BCUT2D eigenvalue weighted by molar-refractivity contribution is 5.75. The van der Waals surface area contributed by atoms with Crippen molar-refractivity contribution in [3.63, 3.8) is 0 Å². The van der Waals surface area contributed by atoms with Crippen LogP contribution in [0.15, 0.2) is 48.5 Å². The van der Waals surface area contributed by atoms with Crippen molar-refractivity contribution in [2.75, 3.05) is 41.7 Å². The Morgan fingerprint density at radius 1 is 0.905 bits per heavy atom. The van der Waals surface area contributed by atoms with Gasteiger partial charge in [0.1, 0.15) is 18.5 Å². The van der Waals surface area contributed by atoms with Crippen LogP contribution in [0.2, 0.25) is 0 Å². The van der Waals surface area contributed by atoms with Gasteiger partial charge in [-0.3, -0.25) is 4.79 Å². The van der Waals surface area contributed by atoms with Gasteiger partial charge in [-0.2, -0.15) is 0 Å². The maximum atomic E-state index is 11.0. The highest BCUT2D eigenvalue weighted by Crippen LogP contribution is 2.53. The molecule has 0 spiro atoms. The molecule has 0 aliphatic carbocycles. The van der Waals surface area contributed by atoms with Crippen molar-refractivity contribution < 1.29 is 53.6 Å². The average molecular weight is 583 g/mol. The number of hydrogen-bond donors (Lipinski definition) is 4. The first kappa shape index (κ1) is 30.5. The van der Waals surface area contributed by atoms with Crippen LogP contribution in [0.25, 0.3) is 6.08 Å². The van der Waals surface area contributed by atoms with Gasteiger partial charge in [-0.25, -0.2) is 0 Å². The summed E-state index contributed by atoms with van der Waals surface area (Å²) >= 11 is 0. The quantitative estimate of drug-likeness (QED) is 0.173. The third kappa shape index (κ3) is 5.94. The van der Waals surface area contributed by atoms with Crippen molar-refractivity contribution in [2.24, 2.45) is 0 Å². The van der Waals surface area contributed by atoms with Crippen LogP contribution in [-0.4, -0.2) is 74.5 Å². The van der Waals surface area contributed by atoms with E-state index in [9.17, 15) is 25.2 Å². The lowest BCUT2D eigenvalue weighted by atomic mass is 9.90. The maximum Gasteiger partial charge on any atom is 0.204 e. The lowest BCUT2D eigenvalue weighted by Gasteiger charge is -2.26. The highest BCUT2D eigenvalue weighted by Gasteiger charge is 2.39. The molecule has 11 nitrogen and oxygen atoms in total. The summed E-state index contributed by atoms with van der Waals surface area (Å²) < 4.78 is 34.2. The molecular formula is C31H34O11. The molecule has 4 rings (SSSR count). The number of benzene rings is 3. The average Bonchev–Trinajstić information content (AvgIpc) is 3.40. The summed E-state index contributed by atoms with van der Waals surface area (Å²) in [5.74, 6) is 1.07. The van der Waals surface area contributed by atoms with E-state index in [4.69, 9.17) is 28.4 Å². The number of aromatic hydroxyl groups is 1.